The van der Waals surface area contributed by atoms with Crippen LogP contribution in [0.5, 0.6) is 11.5 Å². The smallest absolute Gasteiger partial charge is 0.245 e. The molecular weight excluding hydrogens is 370 g/mol. The first-order chi connectivity index (χ1) is 14.8. The fourth-order valence-corrected chi connectivity index (χ4v) is 4.72. The molecule has 0 radical (unpaired) electrons. The van der Waals surface area contributed by atoms with Gasteiger partial charge in [0.05, 0.1) is 12.6 Å². The van der Waals surface area contributed by atoms with Crippen LogP contribution < -0.4 is 9.47 Å². The van der Waals surface area contributed by atoms with Gasteiger partial charge in [-0.15, -0.1) is 0 Å². The fraction of sp³-hybridized carbons (Fsp3) is 0.273. The summed E-state index contributed by atoms with van der Waals surface area (Å²) in [5.74, 6) is 0.362. The van der Waals surface area contributed by atoms with Crippen molar-refractivity contribution in [1.82, 2.24) is 14.8 Å². The van der Waals surface area contributed by atoms with Crippen molar-refractivity contribution in [3.63, 3.8) is 0 Å². The molecule has 29 heavy (non-hydrogen) atoms. The first kappa shape index (κ1) is 14.5. The first-order valence-electron chi connectivity index (χ1n) is 10.5. The number of benzene rings is 2. The van der Waals surface area contributed by atoms with Crippen molar-refractivity contribution in [1.29, 1.82) is 0 Å². The molecule has 2 amide bonds. The third-order valence-corrected chi connectivity index (χ3v) is 6.04. The summed E-state index contributed by atoms with van der Waals surface area (Å²) in [5.41, 5.74) is 3.56. The van der Waals surface area contributed by atoms with E-state index in [1.165, 1.54) is 4.90 Å². The van der Waals surface area contributed by atoms with Crippen molar-refractivity contribution in [2.45, 2.75) is 18.5 Å². The Morgan fingerprint density at radius 3 is 2.86 bits per heavy atom. The Morgan fingerprint density at radius 2 is 1.97 bits per heavy atom. The zero-order chi connectivity index (χ0) is 21.5. The first-order valence-corrected chi connectivity index (χ1v) is 9.50. The van der Waals surface area contributed by atoms with Crippen LogP contribution in [0.15, 0.2) is 42.5 Å². The van der Waals surface area contributed by atoms with Crippen LogP contribution in [-0.2, 0) is 16.0 Å². The number of amides is 2. The van der Waals surface area contributed by atoms with Crippen LogP contribution in [0, 0.1) is 0 Å². The molecule has 7 nitrogen and oxygen atoms in total. The number of aromatic amines is 1. The fourth-order valence-electron chi connectivity index (χ4n) is 4.72. The van der Waals surface area contributed by atoms with Crippen LogP contribution in [0.1, 0.15) is 25.6 Å². The molecular formula is C22H19N3O4. The van der Waals surface area contributed by atoms with Gasteiger partial charge in [0.2, 0.25) is 18.6 Å². The van der Waals surface area contributed by atoms with Gasteiger partial charge in [0.15, 0.2) is 11.5 Å². The number of rotatable bonds is 1. The number of carbonyl (C=O) groups excluding carboxylic acids is 2. The number of nitrogens with one attached hydrogen (secondary N) is 1. The van der Waals surface area contributed by atoms with Gasteiger partial charge in [0.1, 0.15) is 8.78 Å². The van der Waals surface area contributed by atoms with Gasteiger partial charge in [-0.2, -0.15) is 0 Å². The van der Waals surface area contributed by atoms with Gasteiger partial charge in [0.25, 0.3) is 0 Å². The summed E-state index contributed by atoms with van der Waals surface area (Å²) in [4.78, 5) is 32.8. The summed E-state index contributed by atoms with van der Waals surface area (Å²) in [6.07, 6.45) is 0.442. The van der Waals surface area contributed by atoms with E-state index >= 15 is 0 Å². The maximum absolute atomic E-state index is 13.1. The van der Waals surface area contributed by atoms with Crippen molar-refractivity contribution in [2.24, 2.45) is 0 Å². The van der Waals surface area contributed by atoms with Crippen LogP contribution in [-0.4, -0.2) is 53.0 Å². The molecule has 6 rings (SSSR count). The minimum Gasteiger partial charge on any atom is -0.454 e. The average Bonchev–Trinajstić information content (AvgIpc) is 3.25. The van der Waals surface area contributed by atoms with E-state index in [2.05, 4.69) is 4.98 Å². The second-order valence-electron chi connectivity index (χ2n) is 7.67. The zero-order valence-corrected chi connectivity index (χ0v) is 15.6. The Morgan fingerprint density at radius 1 is 1.14 bits per heavy atom. The number of carbonyl (C=O) groups is 2. The summed E-state index contributed by atoms with van der Waals surface area (Å²) in [7, 11) is 1.65. The molecule has 2 aromatic carbocycles. The van der Waals surface area contributed by atoms with Crippen LogP contribution in [0.3, 0.4) is 0 Å². The van der Waals surface area contributed by atoms with E-state index in [0.29, 0.717) is 12.2 Å². The normalized spacial score (nSPS) is 25.6. The quantitative estimate of drug-likeness (QED) is 0.690. The molecule has 7 heteroatoms. The lowest BCUT2D eigenvalue weighted by Gasteiger charge is -2.46. The second-order valence-corrected chi connectivity index (χ2v) is 7.67. The van der Waals surface area contributed by atoms with Crippen LogP contribution >= 0.6 is 0 Å². The molecule has 3 aliphatic heterocycles. The molecule has 3 aromatic rings. The second kappa shape index (κ2) is 5.76. The molecule has 0 saturated carbocycles. The number of fused-ring (bicyclic) bond motifs is 5. The monoisotopic (exact) mass is 391 g/mol. The molecule has 1 fully saturated rings. The van der Waals surface area contributed by atoms with E-state index in [1.807, 2.05) is 24.3 Å². The molecule has 1 aromatic heterocycles. The highest BCUT2D eigenvalue weighted by Crippen LogP contribution is 2.44. The number of piperazine rings is 1. The topological polar surface area (TPSA) is 74.9 Å². The Labute approximate surface area is 169 Å². The lowest BCUT2D eigenvalue weighted by Crippen LogP contribution is -2.62. The summed E-state index contributed by atoms with van der Waals surface area (Å²) >= 11 is 0. The molecule has 1 N–H and O–H groups in total. The van der Waals surface area contributed by atoms with E-state index < -0.39 is 18.8 Å². The van der Waals surface area contributed by atoms with E-state index in [9.17, 15) is 9.59 Å². The molecule has 0 spiro atoms. The summed E-state index contributed by atoms with van der Waals surface area (Å²) < 4.78 is 25.9. The van der Waals surface area contributed by atoms with Gasteiger partial charge in [-0.05, 0) is 29.3 Å². The Bertz CT molecular complexity index is 1270. The summed E-state index contributed by atoms with van der Waals surface area (Å²) in [5, 5.41) is 1.03. The van der Waals surface area contributed by atoms with Crippen LogP contribution in [0.4, 0.5) is 0 Å². The third-order valence-electron chi connectivity index (χ3n) is 6.04. The maximum Gasteiger partial charge on any atom is 0.245 e. The highest BCUT2D eigenvalue weighted by molar-refractivity contribution is 5.97. The third kappa shape index (κ3) is 2.24. The predicted octanol–water partition coefficient (Wildman–Crippen LogP) is 2.21. The van der Waals surface area contributed by atoms with Gasteiger partial charge in [-0.3, -0.25) is 9.59 Å². The van der Waals surface area contributed by atoms with Gasteiger partial charge >= 0.3 is 0 Å². The van der Waals surface area contributed by atoms with Gasteiger partial charge < -0.3 is 24.3 Å². The van der Waals surface area contributed by atoms with Gasteiger partial charge in [-0.1, -0.05) is 24.3 Å². The molecule has 2 atom stereocenters. The highest BCUT2D eigenvalue weighted by Gasteiger charge is 2.47. The number of likely N-dealkylation sites (N-methyl/N-ethyl adjacent to an activating group) is 1. The van der Waals surface area contributed by atoms with Crippen molar-refractivity contribution in [3.8, 4) is 11.5 Å². The molecule has 4 heterocycles. The van der Waals surface area contributed by atoms with Gasteiger partial charge in [0, 0.05) is 30.1 Å². The van der Waals surface area contributed by atoms with Crippen LogP contribution in [0.2, 0.25) is 0 Å². The van der Waals surface area contributed by atoms with E-state index in [4.69, 9.17) is 12.2 Å². The lowest BCUT2D eigenvalue weighted by molar-refractivity contribution is -0.157. The number of para-hydroxylation sites is 1. The molecule has 0 bridgehead atoms. The Kier molecular flexibility index (Phi) is 2.88. The lowest BCUT2D eigenvalue weighted by atomic mass is 9.86. The van der Waals surface area contributed by atoms with Gasteiger partial charge in [-0.25, -0.2) is 0 Å². The minimum atomic E-state index is -2.23. The predicted molar refractivity (Wildman–Crippen MR) is 105 cm³/mol. The molecule has 0 unspecified atom stereocenters. The SMILES string of the molecule is [2H]C1([2H])Oc2ccc([C@@H]3c4[nH]c5ccccc5c4C[C@@H]4C(=O)N(C)CC(=O)N34)cc2O1. The van der Waals surface area contributed by atoms with Crippen molar-refractivity contribution in [2.75, 3.05) is 20.3 Å². The minimum absolute atomic E-state index is 0.0223. The number of aromatic nitrogens is 1. The number of hydrogen-bond acceptors (Lipinski definition) is 4. The molecule has 146 valence electrons. The zero-order valence-electron chi connectivity index (χ0n) is 17.6. The van der Waals surface area contributed by atoms with Crippen molar-refractivity contribution >= 4 is 22.7 Å². The molecule has 0 aliphatic carbocycles. The maximum atomic E-state index is 13.1. The number of H-pyrrole nitrogens is 1. The van der Waals surface area contributed by atoms with Crippen molar-refractivity contribution in [3.05, 3.63) is 59.3 Å². The average molecular weight is 391 g/mol. The Hall–Kier alpha value is -3.48. The molecule has 1 saturated heterocycles. The van der Waals surface area contributed by atoms with E-state index in [0.717, 1.165) is 27.7 Å². The number of hydrogen-bond donors (Lipinski definition) is 1. The molecule has 3 aliphatic rings. The number of ether oxygens (including phenoxy) is 2. The Balaban J connectivity index is 1.56. The van der Waals surface area contributed by atoms with Crippen LogP contribution in [0.25, 0.3) is 10.9 Å². The van der Waals surface area contributed by atoms with E-state index in [-0.39, 0.29) is 24.1 Å². The summed E-state index contributed by atoms with van der Waals surface area (Å²) in [6, 6.07) is 11.9. The van der Waals surface area contributed by atoms with E-state index in [1.54, 1.807) is 30.1 Å². The highest BCUT2D eigenvalue weighted by atomic mass is 16.7. The van der Waals surface area contributed by atoms with Crippen molar-refractivity contribution < 1.29 is 21.8 Å². The largest absolute Gasteiger partial charge is 0.454 e. The summed E-state index contributed by atoms with van der Waals surface area (Å²) in [6.45, 7) is -2.21. The standard InChI is InChI=1S/C22H19N3O4/c1-24-10-19(26)25-16(22(24)27)9-14-13-4-2-3-5-15(13)23-20(14)21(25)12-6-7-17-18(8-12)29-11-28-17/h2-8,16,21,23H,9-11H2,1H3/t16-,21-/m1/s1/i11D2. The number of nitrogens with zero attached hydrogens (tertiary/aromatic N) is 2.